The first-order chi connectivity index (χ1) is 9.22. The molecular weight excluding hydrogens is 239 g/mol. The Morgan fingerprint density at radius 2 is 2.00 bits per heavy atom. The molecule has 2 N–H and O–H groups in total. The van der Waals surface area contributed by atoms with E-state index in [9.17, 15) is 4.39 Å². The third-order valence-electron chi connectivity index (χ3n) is 3.53. The highest BCUT2D eigenvalue weighted by Gasteiger charge is 2.21. The first-order valence-electron chi connectivity index (χ1n) is 6.55. The fourth-order valence-electron chi connectivity index (χ4n) is 2.73. The molecule has 1 unspecified atom stereocenters. The van der Waals surface area contributed by atoms with Crippen LogP contribution in [-0.4, -0.2) is 12.6 Å². The lowest BCUT2D eigenvalue weighted by atomic mass is 9.98. The summed E-state index contributed by atoms with van der Waals surface area (Å²) in [5.74, 6) is -0.188. The number of benzene rings is 2. The Labute approximate surface area is 112 Å². The van der Waals surface area contributed by atoms with Crippen molar-refractivity contribution in [2.75, 3.05) is 11.4 Å². The SMILES string of the molecule is NC1Cc2ccccc2N(Cc2cccc(F)c2)C1. The van der Waals surface area contributed by atoms with Crippen molar-refractivity contribution in [3.63, 3.8) is 0 Å². The molecule has 3 rings (SSSR count). The summed E-state index contributed by atoms with van der Waals surface area (Å²) < 4.78 is 13.3. The van der Waals surface area contributed by atoms with Crippen molar-refractivity contribution in [2.24, 2.45) is 5.73 Å². The first-order valence-corrected chi connectivity index (χ1v) is 6.55. The minimum atomic E-state index is -0.188. The Morgan fingerprint density at radius 1 is 1.16 bits per heavy atom. The van der Waals surface area contributed by atoms with Crippen molar-refractivity contribution in [1.29, 1.82) is 0 Å². The van der Waals surface area contributed by atoms with Gasteiger partial charge in [-0.3, -0.25) is 0 Å². The first kappa shape index (κ1) is 12.2. The Morgan fingerprint density at radius 3 is 2.84 bits per heavy atom. The molecule has 0 fully saturated rings. The molecule has 0 saturated carbocycles. The van der Waals surface area contributed by atoms with Gasteiger partial charge in [0.1, 0.15) is 5.82 Å². The number of rotatable bonds is 2. The van der Waals surface area contributed by atoms with Gasteiger partial charge < -0.3 is 10.6 Å². The molecule has 1 aliphatic rings. The maximum atomic E-state index is 13.3. The second-order valence-corrected chi connectivity index (χ2v) is 5.10. The van der Waals surface area contributed by atoms with Gasteiger partial charge >= 0.3 is 0 Å². The largest absolute Gasteiger partial charge is 0.365 e. The number of hydrogen-bond acceptors (Lipinski definition) is 2. The summed E-state index contributed by atoms with van der Waals surface area (Å²) in [6, 6.07) is 15.2. The van der Waals surface area contributed by atoms with E-state index in [2.05, 4.69) is 17.0 Å². The van der Waals surface area contributed by atoms with Crippen LogP contribution in [0.5, 0.6) is 0 Å². The molecule has 1 aliphatic heterocycles. The second kappa shape index (κ2) is 5.02. The summed E-state index contributed by atoms with van der Waals surface area (Å²) in [5, 5.41) is 0. The zero-order valence-electron chi connectivity index (χ0n) is 10.7. The summed E-state index contributed by atoms with van der Waals surface area (Å²) in [7, 11) is 0. The van der Waals surface area contributed by atoms with Gasteiger partial charge in [0.05, 0.1) is 0 Å². The monoisotopic (exact) mass is 256 g/mol. The van der Waals surface area contributed by atoms with E-state index in [1.165, 1.54) is 17.3 Å². The fourth-order valence-corrected chi connectivity index (χ4v) is 2.73. The average molecular weight is 256 g/mol. The van der Waals surface area contributed by atoms with Gasteiger partial charge in [0.2, 0.25) is 0 Å². The highest BCUT2D eigenvalue weighted by molar-refractivity contribution is 5.56. The molecule has 2 nitrogen and oxygen atoms in total. The van der Waals surface area contributed by atoms with Crippen LogP contribution in [0.25, 0.3) is 0 Å². The van der Waals surface area contributed by atoms with Crippen LogP contribution in [0.1, 0.15) is 11.1 Å². The number of para-hydroxylation sites is 1. The number of anilines is 1. The van der Waals surface area contributed by atoms with Gasteiger partial charge in [0, 0.05) is 24.8 Å². The van der Waals surface area contributed by atoms with Gasteiger partial charge in [-0.15, -0.1) is 0 Å². The van der Waals surface area contributed by atoms with Gasteiger partial charge in [0.15, 0.2) is 0 Å². The molecule has 0 amide bonds. The maximum absolute atomic E-state index is 13.3. The molecule has 0 bridgehead atoms. The van der Waals surface area contributed by atoms with E-state index in [1.807, 2.05) is 18.2 Å². The van der Waals surface area contributed by atoms with Crippen molar-refractivity contribution < 1.29 is 4.39 Å². The number of nitrogens with zero attached hydrogens (tertiary/aromatic N) is 1. The van der Waals surface area contributed by atoms with E-state index in [1.54, 1.807) is 12.1 Å². The number of hydrogen-bond donors (Lipinski definition) is 1. The number of halogens is 1. The molecule has 2 aromatic rings. The molecule has 0 aromatic heterocycles. The van der Waals surface area contributed by atoms with Gasteiger partial charge in [-0.05, 0) is 35.7 Å². The summed E-state index contributed by atoms with van der Waals surface area (Å²) in [5.41, 5.74) is 9.58. The Bertz CT molecular complexity index is 582. The summed E-state index contributed by atoms with van der Waals surface area (Å²) >= 11 is 0. The highest BCUT2D eigenvalue weighted by atomic mass is 19.1. The Balaban J connectivity index is 1.89. The van der Waals surface area contributed by atoms with E-state index < -0.39 is 0 Å². The van der Waals surface area contributed by atoms with E-state index >= 15 is 0 Å². The lowest BCUT2D eigenvalue weighted by Gasteiger charge is -2.34. The van der Waals surface area contributed by atoms with Crippen molar-refractivity contribution >= 4 is 5.69 Å². The molecule has 98 valence electrons. The normalized spacial score (nSPS) is 18.2. The van der Waals surface area contributed by atoms with Crippen LogP contribution >= 0.6 is 0 Å². The molecule has 2 aromatic carbocycles. The third kappa shape index (κ3) is 2.61. The summed E-state index contributed by atoms with van der Waals surface area (Å²) in [6.45, 7) is 1.51. The highest BCUT2D eigenvalue weighted by Crippen LogP contribution is 2.27. The molecule has 19 heavy (non-hydrogen) atoms. The van der Waals surface area contributed by atoms with Crippen LogP contribution in [0.15, 0.2) is 48.5 Å². The van der Waals surface area contributed by atoms with Crippen LogP contribution < -0.4 is 10.6 Å². The van der Waals surface area contributed by atoms with E-state index in [0.717, 1.165) is 18.5 Å². The van der Waals surface area contributed by atoms with E-state index in [-0.39, 0.29) is 11.9 Å². The third-order valence-corrected chi connectivity index (χ3v) is 3.53. The number of fused-ring (bicyclic) bond motifs is 1. The smallest absolute Gasteiger partial charge is 0.123 e. The quantitative estimate of drug-likeness (QED) is 0.895. The molecule has 3 heteroatoms. The van der Waals surface area contributed by atoms with Gasteiger partial charge in [0.25, 0.3) is 0 Å². The molecule has 1 heterocycles. The van der Waals surface area contributed by atoms with Gasteiger partial charge in [-0.25, -0.2) is 4.39 Å². The maximum Gasteiger partial charge on any atom is 0.123 e. The predicted octanol–water partition coefficient (Wildman–Crippen LogP) is 2.72. The van der Waals surface area contributed by atoms with Crippen LogP contribution in [0.4, 0.5) is 10.1 Å². The molecule has 0 spiro atoms. The van der Waals surface area contributed by atoms with Crippen molar-refractivity contribution in [1.82, 2.24) is 0 Å². The minimum absolute atomic E-state index is 0.142. The Hall–Kier alpha value is -1.87. The van der Waals surface area contributed by atoms with Crippen molar-refractivity contribution in [3.8, 4) is 0 Å². The molecular formula is C16H17FN2. The van der Waals surface area contributed by atoms with Crippen molar-refractivity contribution in [3.05, 3.63) is 65.5 Å². The molecule has 0 saturated heterocycles. The predicted molar refractivity (Wildman–Crippen MR) is 75.6 cm³/mol. The average Bonchev–Trinajstić information content (AvgIpc) is 2.38. The zero-order valence-corrected chi connectivity index (χ0v) is 10.7. The topological polar surface area (TPSA) is 29.3 Å². The lowest BCUT2D eigenvalue weighted by molar-refractivity contribution is 0.594. The van der Waals surface area contributed by atoms with E-state index in [0.29, 0.717) is 6.54 Å². The van der Waals surface area contributed by atoms with Crippen LogP contribution in [0, 0.1) is 5.82 Å². The van der Waals surface area contributed by atoms with Gasteiger partial charge in [-0.1, -0.05) is 30.3 Å². The number of nitrogens with two attached hydrogens (primary N) is 1. The molecule has 0 aliphatic carbocycles. The van der Waals surface area contributed by atoms with Crippen molar-refractivity contribution in [2.45, 2.75) is 19.0 Å². The molecule has 1 atom stereocenters. The minimum Gasteiger partial charge on any atom is -0.365 e. The van der Waals surface area contributed by atoms with Gasteiger partial charge in [-0.2, -0.15) is 0 Å². The lowest BCUT2D eigenvalue weighted by Crippen LogP contribution is -2.42. The fraction of sp³-hybridized carbons (Fsp3) is 0.250. The standard InChI is InChI=1S/C16H17FN2/c17-14-6-3-4-12(8-14)10-19-11-15(18)9-13-5-1-2-7-16(13)19/h1-8,15H,9-11,18H2. The van der Waals surface area contributed by atoms with Crippen LogP contribution in [0.3, 0.4) is 0 Å². The molecule has 0 radical (unpaired) electrons. The zero-order chi connectivity index (χ0) is 13.2. The van der Waals surface area contributed by atoms with Crippen LogP contribution in [0.2, 0.25) is 0 Å². The summed E-state index contributed by atoms with van der Waals surface area (Å²) in [4.78, 5) is 2.23. The Kier molecular flexibility index (Phi) is 3.22. The second-order valence-electron chi connectivity index (χ2n) is 5.10. The van der Waals surface area contributed by atoms with E-state index in [4.69, 9.17) is 5.73 Å². The summed E-state index contributed by atoms with van der Waals surface area (Å²) in [6.07, 6.45) is 0.913. The van der Waals surface area contributed by atoms with Crippen LogP contribution in [-0.2, 0) is 13.0 Å².